The number of ether oxygens (including phenoxy) is 9. The molecule has 0 aromatic carbocycles. The molecule has 3 rings (SSSR count). The molecule has 0 aromatic heterocycles. The molecule has 43 heavy (non-hydrogen) atoms. The largest absolute Gasteiger partial charge is 0.457 e. The van der Waals surface area contributed by atoms with E-state index in [-0.39, 0.29) is 31.0 Å². The fourth-order valence-corrected chi connectivity index (χ4v) is 5.32. The Bertz CT molecular complexity index is 972. The molecule has 0 amide bonds. The van der Waals surface area contributed by atoms with E-state index in [1.807, 2.05) is 27.7 Å². The lowest BCUT2D eigenvalue weighted by Crippen LogP contribution is -2.58. The summed E-state index contributed by atoms with van der Waals surface area (Å²) in [6, 6.07) is 0. The monoisotopic (exact) mass is 616 g/mol. The third kappa shape index (κ3) is 9.10. The van der Waals surface area contributed by atoms with Crippen LogP contribution in [0.4, 0.5) is 0 Å². The van der Waals surface area contributed by atoms with Gasteiger partial charge in [0, 0.05) is 38.5 Å². The van der Waals surface area contributed by atoms with Gasteiger partial charge >= 0.3 is 23.9 Å². The van der Waals surface area contributed by atoms with Crippen molar-refractivity contribution in [1.82, 2.24) is 0 Å². The second kappa shape index (κ2) is 15.6. The van der Waals surface area contributed by atoms with Crippen LogP contribution in [0.3, 0.4) is 0 Å². The summed E-state index contributed by atoms with van der Waals surface area (Å²) in [7, 11) is 0. The van der Waals surface area contributed by atoms with Crippen LogP contribution in [0.15, 0.2) is 0 Å². The van der Waals surface area contributed by atoms with Crippen LogP contribution in [-0.4, -0.2) is 93.1 Å². The first-order chi connectivity index (χ1) is 20.2. The van der Waals surface area contributed by atoms with Crippen LogP contribution in [-0.2, 0) is 61.8 Å². The zero-order valence-corrected chi connectivity index (χ0v) is 26.6. The van der Waals surface area contributed by atoms with Crippen molar-refractivity contribution in [2.24, 2.45) is 29.6 Å². The van der Waals surface area contributed by atoms with E-state index in [4.69, 9.17) is 42.6 Å². The molecule has 13 unspecified atom stereocenters. The fraction of sp³-hybridized carbons (Fsp3) is 0.867. The molecule has 0 aliphatic carbocycles. The molecule has 3 saturated heterocycles. The number of hydrogen-bond acceptors (Lipinski definition) is 13. The van der Waals surface area contributed by atoms with Crippen LogP contribution < -0.4 is 0 Å². The number of hydrogen-bond donors (Lipinski definition) is 0. The van der Waals surface area contributed by atoms with E-state index >= 15 is 0 Å². The number of esters is 4. The van der Waals surface area contributed by atoms with Gasteiger partial charge in [-0.25, -0.2) is 0 Å². The Hall–Kier alpha value is -2.32. The molecular formula is C30H48O13. The molecule has 13 heteroatoms. The summed E-state index contributed by atoms with van der Waals surface area (Å²) in [6.07, 6.45) is -5.99. The summed E-state index contributed by atoms with van der Waals surface area (Å²) < 4.78 is 52.6. The minimum absolute atomic E-state index is 0.00551. The Morgan fingerprint density at radius 1 is 0.628 bits per heavy atom. The molecule has 3 fully saturated rings. The maximum absolute atomic E-state index is 12.5. The molecule has 0 spiro atoms. The lowest BCUT2D eigenvalue weighted by Gasteiger charge is -2.46. The minimum Gasteiger partial charge on any atom is -0.457 e. The third-order valence-electron chi connectivity index (χ3n) is 8.57. The van der Waals surface area contributed by atoms with Crippen molar-refractivity contribution in [3.05, 3.63) is 0 Å². The summed E-state index contributed by atoms with van der Waals surface area (Å²) in [4.78, 5) is 48.3. The van der Waals surface area contributed by atoms with Gasteiger partial charge in [-0.05, 0) is 12.3 Å². The molecule has 0 radical (unpaired) electrons. The molecule has 246 valence electrons. The van der Waals surface area contributed by atoms with E-state index in [9.17, 15) is 19.2 Å². The summed E-state index contributed by atoms with van der Waals surface area (Å²) in [5.41, 5.74) is 0. The van der Waals surface area contributed by atoms with Gasteiger partial charge in [0.2, 0.25) is 6.29 Å². The average molecular weight is 617 g/mol. The standard InChI is InChI=1S/C30H48O13/c1-10-14(2)27(34)43-30-26(40-21(9)33)18(6)23(13-37-30)42-29-25(39-20(8)32)17(5)22(12-36-29)41-28-24(38-19(7)31)16(4)15(3)11-35-28/h14-18,22-26,28-30H,10-13H2,1-9H3. The average Bonchev–Trinajstić information content (AvgIpc) is 2.93. The van der Waals surface area contributed by atoms with Crippen molar-refractivity contribution in [1.29, 1.82) is 0 Å². The Morgan fingerprint density at radius 2 is 1.02 bits per heavy atom. The Morgan fingerprint density at radius 3 is 1.47 bits per heavy atom. The number of carbonyl (C=O) groups is 4. The highest BCUT2D eigenvalue weighted by Gasteiger charge is 2.49. The molecule has 0 N–H and O–H groups in total. The first-order valence-electron chi connectivity index (χ1n) is 15.1. The second-order valence-corrected chi connectivity index (χ2v) is 12.0. The van der Waals surface area contributed by atoms with Gasteiger partial charge in [0.25, 0.3) is 0 Å². The maximum atomic E-state index is 12.5. The lowest BCUT2D eigenvalue weighted by atomic mass is 9.88. The van der Waals surface area contributed by atoms with Crippen molar-refractivity contribution in [2.45, 2.75) is 118 Å². The highest BCUT2D eigenvalue weighted by atomic mass is 16.8. The van der Waals surface area contributed by atoms with Gasteiger partial charge in [0.1, 0.15) is 0 Å². The molecule has 0 saturated carbocycles. The van der Waals surface area contributed by atoms with Crippen molar-refractivity contribution in [3.63, 3.8) is 0 Å². The van der Waals surface area contributed by atoms with E-state index in [2.05, 4.69) is 0 Å². The Kier molecular flexibility index (Phi) is 12.8. The van der Waals surface area contributed by atoms with Crippen LogP contribution >= 0.6 is 0 Å². The molecule has 0 bridgehead atoms. The molecule has 3 aliphatic rings. The van der Waals surface area contributed by atoms with Crippen LogP contribution in [0.5, 0.6) is 0 Å². The normalized spacial score (nSPS) is 38.8. The van der Waals surface area contributed by atoms with E-state index in [1.54, 1.807) is 13.8 Å². The lowest BCUT2D eigenvalue weighted by molar-refractivity contribution is -0.333. The van der Waals surface area contributed by atoms with Crippen molar-refractivity contribution < 1.29 is 61.8 Å². The van der Waals surface area contributed by atoms with Gasteiger partial charge in [0.05, 0.1) is 37.9 Å². The number of rotatable bonds is 10. The van der Waals surface area contributed by atoms with Gasteiger partial charge in [-0.3, -0.25) is 19.2 Å². The Labute approximate surface area is 253 Å². The summed E-state index contributed by atoms with van der Waals surface area (Å²) in [5.74, 6) is -3.07. The molecule has 0 aromatic rings. The quantitative estimate of drug-likeness (QED) is 0.262. The summed E-state index contributed by atoms with van der Waals surface area (Å²) >= 11 is 0. The maximum Gasteiger partial charge on any atom is 0.311 e. The van der Waals surface area contributed by atoms with Crippen molar-refractivity contribution in [2.75, 3.05) is 19.8 Å². The summed E-state index contributed by atoms with van der Waals surface area (Å²) in [6.45, 7) is 15.7. The highest BCUT2D eigenvalue weighted by Crippen LogP contribution is 2.35. The Balaban J connectivity index is 1.72. The first-order valence-corrected chi connectivity index (χ1v) is 15.1. The van der Waals surface area contributed by atoms with Gasteiger partial charge in [-0.1, -0.05) is 41.5 Å². The third-order valence-corrected chi connectivity index (χ3v) is 8.57. The summed E-state index contributed by atoms with van der Waals surface area (Å²) in [5, 5.41) is 0. The van der Waals surface area contributed by atoms with E-state index in [1.165, 1.54) is 20.8 Å². The van der Waals surface area contributed by atoms with Crippen LogP contribution in [0.2, 0.25) is 0 Å². The molecule has 3 aliphatic heterocycles. The van der Waals surface area contributed by atoms with Gasteiger partial charge in [-0.15, -0.1) is 0 Å². The molecular weight excluding hydrogens is 568 g/mol. The van der Waals surface area contributed by atoms with Gasteiger partial charge in [-0.2, -0.15) is 0 Å². The first kappa shape index (κ1) is 35.2. The predicted octanol–water partition coefficient (Wildman–Crippen LogP) is 2.75. The van der Waals surface area contributed by atoms with Crippen LogP contribution in [0.25, 0.3) is 0 Å². The zero-order chi connectivity index (χ0) is 32.0. The van der Waals surface area contributed by atoms with Gasteiger partial charge < -0.3 is 42.6 Å². The SMILES string of the molecule is CCC(C)C(=O)OC1OCC(OC2OCC(OC3OCC(C)C(C)C3OC(C)=O)C(C)C2OC(C)=O)C(C)C1OC(C)=O. The zero-order valence-electron chi connectivity index (χ0n) is 26.6. The molecule has 3 heterocycles. The topological polar surface area (TPSA) is 151 Å². The molecule has 13 atom stereocenters. The molecule has 13 nitrogen and oxygen atoms in total. The predicted molar refractivity (Wildman–Crippen MR) is 148 cm³/mol. The van der Waals surface area contributed by atoms with Crippen LogP contribution in [0.1, 0.15) is 68.7 Å². The second-order valence-electron chi connectivity index (χ2n) is 12.0. The van der Waals surface area contributed by atoms with E-state index < -0.39 is 85.1 Å². The van der Waals surface area contributed by atoms with E-state index in [0.717, 1.165) is 0 Å². The van der Waals surface area contributed by atoms with Crippen molar-refractivity contribution >= 4 is 23.9 Å². The number of carbonyl (C=O) groups excluding carboxylic acids is 4. The van der Waals surface area contributed by atoms with E-state index in [0.29, 0.717) is 13.0 Å². The van der Waals surface area contributed by atoms with Gasteiger partial charge in [0.15, 0.2) is 30.9 Å². The minimum atomic E-state index is -1.10. The van der Waals surface area contributed by atoms with Crippen LogP contribution in [0, 0.1) is 29.6 Å². The fourth-order valence-electron chi connectivity index (χ4n) is 5.32. The highest BCUT2D eigenvalue weighted by molar-refractivity contribution is 5.72. The van der Waals surface area contributed by atoms with Crippen molar-refractivity contribution in [3.8, 4) is 0 Å². The smallest absolute Gasteiger partial charge is 0.311 e.